The molecular formula is C18H17F2NO4. The van der Waals surface area contributed by atoms with Crippen molar-refractivity contribution in [3.05, 3.63) is 57.9 Å². The first kappa shape index (κ1) is 18.5. The quantitative estimate of drug-likeness (QED) is 0.662. The number of nitrogens with one attached hydrogen (secondary N) is 1. The molecule has 0 aliphatic carbocycles. The third-order valence-corrected chi connectivity index (χ3v) is 3.86. The molecule has 0 saturated heterocycles. The number of Topliss-reactive ketones (excluding diaryl/α,β-unsaturated/α-hetero) is 2. The normalized spacial score (nSPS) is 11.9. The van der Waals surface area contributed by atoms with Gasteiger partial charge in [-0.1, -0.05) is 6.07 Å². The van der Waals surface area contributed by atoms with Gasteiger partial charge in [0, 0.05) is 11.3 Å². The van der Waals surface area contributed by atoms with Crippen molar-refractivity contribution in [3.63, 3.8) is 0 Å². The van der Waals surface area contributed by atoms with Crippen molar-refractivity contribution < 1.29 is 27.9 Å². The highest BCUT2D eigenvalue weighted by Gasteiger charge is 2.28. The Morgan fingerprint density at radius 3 is 2.12 bits per heavy atom. The van der Waals surface area contributed by atoms with Crippen LogP contribution in [0.3, 0.4) is 0 Å². The van der Waals surface area contributed by atoms with Gasteiger partial charge in [-0.25, -0.2) is 13.6 Å². The zero-order valence-electron chi connectivity index (χ0n) is 14.2. The number of ether oxygens (including phenoxy) is 1. The highest BCUT2D eigenvalue weighted by atomic mass is 19.1. The van der Waals surface area contributed by atoms with Crippen LogP contribution in [0.15, 0.2) is 18.2 Å². The predicted octanol–water partition coefficient (Wildman–Crippen LogP) is 3.54. The Kier molecular flexibility index (Phi) is 5.15. The Hall–Kier alpha value is -2.83. The fourth-order valence-electron chi connectivity index (χ4n) is 2.69. The van der Waals surface area contributed by atoms with Gasteiger partial charge in [0.05, 0.1) is 5.69 Å². The topological polar surface area (TPSA) is 76.2 Å². The molecule has 132 valence electrons. The lowest BCUT2D eigenvalue weighted by Gasteiger charge is -2.13. The number of hydrogen-bond donors (Lipinski definition) is 1. The average Bonchev–Trinajstić information content (AvgIpc) is 2.80. The van der Waals surface area contributed by atoms with Crippen LogP contribution in [-0.4, -0.2) is 28.6 Å². The Bertz CT molecular complexity index is 850. The molecule has 0 spiro atoms. The SMILES string of the molecule is CC(=O)c1c(C)[nH]c(C(=O)C(C)OC(=O)c2c(F)cccc2F)c1C. The summed E-state index contributed by atoms with van der Waals surface area (Å²) in [7, 11) is 0. The van der Waals surface area contributed by atoms with E-state index in [4.69, 9.17) is 4.74 Å². The number of ketones is 2. The largest absolute Gasteiger partial charge is 0.450 e. The molecule has 0 aliphatic rings. The zero-order valence-corrected chi connectivity index (χ0v) is 14.2. The molecule has 2 rings (SSSR count). The lowest BCUT2D eigenvalue weighted by atomic mass is 10.0. The van der Waals surface area contributed by atoms with E-state index in [0.29, 0.717) is 16.8 Å². The summed E-state index contributed by atoms with van der Waals surface area (Å²) in [6.45, 7) is 5.91. The van der Waals surface area contributed by atoms with Crippen LogP contribution in [0.5, 0.6) is 0 Å². The molecule has 1 unspecified atom stereocenters. The molecule has 5 nitrogen and oxygen atoms in total. The minimum atomic E-state index is -1.29. The van der Waals surface area contributed by atoms with Gasteiger partial charge in [0.2, 0.25) is 5.78 Å². The Balaban J connectivity index is 2.26. The van der Waals surface area contributed by atoms with Gasteiger partial charge in [0.25, 0.3) is 0 Å². The van der Waals surface area contributed by atoms with Crippen molar-refractivity contribution in [2.24, 2.45) is 0 Å². The molecule has 0 radical (unpaired) electrons. The smallest absolute Gasteiger partial charge is 0.344 e. The van der Waals surface area contributed by atoms with Crippen LogP contribution < -0.4 is 0 Å². The van der Waals surface area contributed by atoms with Crippen LogP contribution in [-0.2, 0) is 4.74 Å². The van der Waals surface area contributed by atoms with Crippen LogP contribution in [0.4, 0.5) is 8.78 Å². The summed E-state index contributed by atoms with van der Waals surface area (Å²) in [5.74, 6) is -4.23. The number of aryl methyl sites for hydroxylation is 1. The molecule has 1 atom stereocenters. The van der Waals surface area contributed by atoms with Gasteiger partial charge in [-0.05, 0) is 45.4 Å². The Morgan fingerprint density at radius 2 is 1.64 bits per heavy atom. The van der Waals surface area contributed by atoms with Crippen molar-refractivity contribution in [2.75, 3.05) is 0 Å². The number of rotatable bonds is 5. The van der Waals surface area contributed by atoms with Crippen molar-refractivity contribution in [2.45, 2.75) is 33.8 Å². The summed E-state index contributed by atoms with van der Waals surface area (Å²) < 4.78 is 32.1. The highest BCUT2D eigenvalue weighted by Crippen LogP contribution is 2.21. The van der Waals surface area contributed by atoms with Crippen molar-refractivity contribution in [1.82, 2.24) is 4.98 Å². The number of carbonyl (C=O) groups is 3. The molecule has 1 heterocycles. The van der Waals surface area contributed by atoms with Gasteiger partial charge in [-0.3, -0.25) is 9.59 Å². The number of H-pyrrole nitrogens is 1. The van der Waals surface area contributed by atoms with E-state index in [0.717, 1.165) is 18.2 Å². The van der Waals surface area contributed by atoms with Crippen molar-refractivity contribution in [3.8, 4) is 0 Å². The molecule has 0 amide bonds. The van der Waals surface area contributed by atoms with E-state index in [9.17, 15) is 23.2 Å². The second kappa shape index (κ2) is 6.96. The molecular weight excluding hydrogens is 332 g/mol. The fourth-order valence-corrected chi connectivity index (χ4v) is 2.69. The van der Waals surface area contributed by atoms with Gasteiger partial charge in [-0.2, -0.15) is 0 Å². The monoisotopic (exact) mass is 349 g/mol. The summed E-state index contributed by atoms with van der Waals surface area (Å²) in [5.41, 5.74) is 0.618. The molecule has 0 bridgehead atoms. The van der Waals surface area contributed by atoms with Gasteiger partial charge in [0.1, 0.15) is 17.2 Å². The van der Waals surface area contributed by atoms with Gasteiger partial charge in [-0.15, -0.1) is 0 Å². The number of aromatic amines is 1. The number of hydrogen-bond acceptors (Lipinski definition) is 4. The third-order valence-electron chi connectivity index (χ3n) is 3.86. The second-order valence-electron chi connectivity index (χ2n) is 5.69. The third kappa shape index (κ3) is 3.50. The van der Waals surface area contributed by atoms with Crippen LogP contribution in [0.1, 0.15) is 56.3 Å². The molecule has 25 heavy (non-hydrogen) atoms. The van der Waals surface area contributed by atoms with E-state index < -0.39 is 35.1 Å². The van der Waals surface area contributed by atoms with E-state index in [2.05, 4.69) is 4.98 Å². The number of aromatic nitrogens is 1. The van der Waals surface area contributed by atoms with E-state index in [1.54, 1.807) is 13.8 Å². The first-order valence-electron chi connectivity index (χ1n) is 7.54. The van der Waals surface area contributed by atoms with Crippen molar-refractivity contribution in [1.29, 1.82) is 0 Å². The number of halogens is 2. The average molecular weight is 349 g/mol. The first-order chi connectivity index (χ1) is 11.6. The minimum Gasteiger partial charge on any atom is -0.450 e. The van der Waals surface area contributed by atoms with Crippen LogP contribution in [0.2, 0.25) is 0 Å². The maximum atomic E-state index is 13.6. The van der Waals surface area contributed by atoms with E-state index >= 15 is 0 Å². The van der Waals surface area contributed by atoms with Gasteiger partial charge >= 0.3 is 5.97 Å². The van der Waals surface area contributed by atoms with E-state index in [1.165, 1.54) is 13.8 Å². The maximum Gasteiger partial charge on any atom is 0.344 e. The lowest BCUT2D eigenvalue weighted by Crippen LogP contribution is -2.26. The molecule has 1 N–H and O–H groups in total. The molecule has 0 aliphatic heterocycles. The number of benzene rings is 1. The molecule has 1 aromatic carbocycles. The molecule has 2 aromatic rings. The molecule has 7 heteroatoms. The van der Waals surface area contributed by atoms with Crippen molar-refractivity contribution >= 4 is 17.5 Å². The molecule has 1 aromatic heterocycles. The summed E-state index contributed by atoms with van der Waals surface area (Å²) >= 11 is 0. The maximum absolute atomic E-state index is 13.6. The summed E-state index contributed by atoms with van der Waals surface area (Å²) in [5, 5.41) is 0. The van der Waals surface area contributed by atoms with E-state index in [1.807, 2.05) is 0 Å². The second-order valence-corrected chi connectivity index (χ2v) is 5.69. The van der Waals surface area contributed by atoms with E-state index in [-0.39, 0.29) is 11.5 Å². The summed E-state index contributed by atoms with van der Waals surface area (Å²) in [4.78, 5) is 38.9. The standard InChI is InChI=1S/C18H17F2NO4/c1-8-14(10(3)22)9(2)21-16(8)17(23)11(4)25-18(24)15-12(19)6-5-7-13(15)20/h5-7,11,21H,1-4H3. The summed E-state index contributed by atoms with van der Waals surface area (Å²) in [6, 6.07) is 2.96. The van der Waals surface area contributed by atoms with Gasteiger partial charge < -0.3 is 9.72 Å². The van der Waals surface area contributed by atoms with Crippen LogP contribution in [0.25, 0.3) is 0 Å². The Morgan fingerprint density at radius 1 is 1.08 bits per heavy atom. The first-order valence-corrected chi connectivity index (χ1v) is 7.54. The zero-order chi connectivity index (χ0) is 18.9. The van der Waals surface area contributed by atoms with Crippen LogP contribution >= 0.6 is 0 Å². The predicted molar refractivity (Wildman–Crippen MR) is 85.8 cm³/mol. The summed E-state index contributed by atoms with van der Waals surface area (Å²) in [6.07, 6.45) is -1.29. The lowest BCUT2D eigenvalue weighted by molar-refractivity contribution is 0.0307. The van der Waals surface area contributed by atoms with Gasteiger partial charge in [0.15, 0.2) is 11.9 Å². The van der Waals surface area contributed by atoms with Crippen LogP contribution in [0, 0.1) is 25.5 Å². The molecule has 0 saturated carbocycles. The fraction of sp³-hybridized carbons (Fsp3) is 0.278. The minimum absolute atomic E-state index is 0.122. The molecule has 0 fully saturated rings. The number of esters is 1. The number of carbonyl (C=O) groups excluding carboxylic acids is 3. The highest BCUT2D eigenvalue weighted by molar-refractivity contribution is 6.05. The Labute approximate surface area is 143 Å².